The first-order valence-corrected chi connectivity index (χ1v) is 2.76. The highest BCUT2D eigenvalue weighted by Gasteiger charge is 2.02. The molecule has 0 aliphatic carbocycles. The summed E-state index contributed by atoms with van der Waals surface area (Å²) >= 11 is 0. The van der Waals surface area contributed by atoms with Crippen LogP contribution in [0.2, 0.25) is 0 Å². The third-order valence-electron chi connectivity index (χ3n) is 1.23. The molecule has 0 bridgehead atoms. The Balaban J connectivity index is 2.95. The minimum absolute atomic E-state index is 0.0718. The van der Waals surface area contributed by atoms with Gasteiger partial charge in [0.25, 0.3) is 0 Å². The molecule has 0 amide bonds. The Bertz CT molecular complexity index is 355. The zero-order chi connectivity index (χ0) is 6.97. The molecule has 4 nitrogen and oxygen atoms in total. The molecule has 2 heterocycles. The number of nitrogens with zero attached hydrogens (tertiary/aromatic N) is 2. The molecule has 0 saturated heterocycles. The molecule has 0 aliphatic heterocycles. The third-order valence-corrected chi connectivity index (χ3v) is 1.23. The predicted octanol–water partition coefficient (Wildman–Crippen LogP) is 0.928. The summed E-state index contributed by atoms with van der Waals surface area (Å²) in [5.74, 6) is 0.0718. The number of aromatic hydroxyl groups is 1. The van der Waals surface area contributed by atoms with Gasteiger partial charge >= 0.3 is 0 Å². The molecule has 2 aromatic rings. The summed E-state index contributed by atoms with van der Waals surface area (Å²) in [5.41, 5.74) is 0.905. The molecule has 0 fully saturated rings. The lowest BCUT2D eigenvalue weighted by molar-refractivity contribution is 0.422. The Morgan fingerprint density at radius 2 is 2.40 bits per heavy atom. The van der Waals surface area contributed by atoms with Crippen LogP contribution < -0.4 is 0 Å². The van der Waals surface area contributed by atoms with E-state index in [2.05, 4.69) is 14.7 Å². The van der Waals surface area contributed by atoms with Crippen molar-refractivity contribution in [2.45, 2.75) is 0 Å². The Morgan fingerprint density at radius 3 is 3.20 bits per heavy atom. The largest absolute Gasteiger partial charge is 0.504 e. The fourth-order valence-electron chi connectivity index (χ4n) is 0.768. The van der Waals surface area contributed by atoms with E-state index in [4.69, 9.17) is 5.11 Å². The molecule has 0 spiro atoms. The smallest absolute Gasteiger partial charge is 0.226 e. The zero-order valence-electron chi connectivity index (χ0n) is 4.98. The van der Waals surface area contributed by atoms with Gasteiger partial charge in [0, 0.05) is 12.3 Å². The summed E-state index contributed by atoms with van der Waals surface area (Å²) in [6.07, 6.45) is 2.95. The van der Waals surface area contributed by atoms with E-state index >= 15 is 0 Å². The van der Waals surface area contributed by atoms with Crippen LogP contribution in [0.15, 0.2) is 23.0 Å². The van der Waals surface area contributed by atoms with Crippen LogP contribution in [-0.4, -0.2) is 15.2 Å². The van der Waals surface area contributed by atoms with Gasteiger partial charge in [0.2, 0.25) is 5.58 Å². The van der Waals surface area contributed by atoms with Crippen LogP contribution in [0.4, 0.5) is 0 Å². The molecular formula is C6H4N2O2. The molecule has 10 heavy (non-hydrogen) atoms. The molecule has 0 aliphatic rings. The van der Waals surface area contributed by atoms with Gasteiger partial charge in [-0.1, -0.05) is 5.16 Å². The molecule has 0 aromatic carbocycles. The second-order valence-corrected chi connectivity index (χ2v) is 1.87. The van der Waals surface area contributed by atoms with Gasteiger partial charge in [-0.3, -0.25) is 4.98 Å². The SMILES string of the molecule is Oc1ccnc2cnoc12. The lowest BCUT2D eigenvalue weighted by atomic mass is 10.4. The monoisotopic (exact) mass is 136 g/mol. The lowest BCUT2D eigenvalue weighted by Gasteiger charge is -1.87. The average molecular weight is 136 g/mol. The van der Waals surface area contributed by atoms with Crippen LogP contribution in [0, 0.1) is 0 Å². The summed E-state index contributed by atoms with van der Waals surface area (Å²) in [4.78, 5) is 3.89. The normalized spacial score (nSPS) is 10.4. The number of rotatable bonds is 0. The van der Waals surface area contributed by atoms with Gasteiger partial charge in [0.15, 0.2) is 5.75 Å². The van der Waals surface area contributed by atoms with Crippen LogP contribution in [0.3, 0.4) is 0 Å². The molecule has 2 aromatic heterocycles. The Hall–Kier alpha value is -1.58. The number of hydrogen-bond donors (Lipinski definition) is 1. The van der Waals surface area contributed by atoms with E-state index in [0.29, 0.717) is 11.1 Å². The highest BCUT2D eigenvalue weighted by molar-refractivity contribution is 5.76. The van der Waals surface area contributed by atoms with E-state index in [1.807, 2.05) is 0 Å². The minimum Gasteiger partial charge on any atom is -0.504 e. The maximum Gasteiger partial charge on any atom is 0.226 e. The summed E-state index contributed by atoms with van der Waals surface area (Å²) in [5, 5.41) is 12.6. The summed E-state index contributed by atoms with van der Waals surface area (Å²) < 4.78 is 4.69. The molecular weight excluding hydrogens is 132 g/mol. The van der Waals surface area contributed by atoms with Crippen LogP contribution in [-0.2, 0) is 0 Å². The predicted molar refractivity (Wildman–Crippen MR) is 33.5 cm³/mol. The molecule has 0 unspecified atom stereocenters. The first-order valence-electron chi connectivity index (χ1n) is 2.76. The van der Waals surface area contributed by atoms with Crippen molar-refractivity contribution in [3.8, 4) is 5.75 Å². The van der Waals surface area contributed by atoms with Crippen molar-refractivity contribution in [2.24, 2.45) is 0 Å². The van der Waals surface area contributed by atoms with Crippen molar-refractivity contribution in [3.05, 3.63) is 18.5 Å². The molecule has 2 rings (SSSR count). The molecule has 4 heteroatoms. The second-order valence-electron chi connectivity index (χ2n) is 1.87. The Labute approximate surface area is 56.1 Å². The molecule has 1 N–H and O–H groups in total. The van der Waals surface area contributed by atoms with Gasteiger partial charge in [-0.25, -0.2) is 0 Å². The fourth-order valence-corrected chi connectivity index (χ4v) is 0.768. The highest BCUT2D eigenvalue weighted by atomic mass is 16.5. The Kier molecular flexibility index (Phi) is 0.887. The van der Waals surface area contributed by atoms with Gasteiger partial charge in [0.1, 0.15) is 5.52 Å². The van der Waals surface area contributed by atoms with Crippen LogP contribution in [0.25, 0.3) is 11.1 Å². The standard InChI is InChI=1S/C6H4N2O2/c9-5-1-2-7-4-3-8-10-6(4)5/h1-3H,(H,7,9). The van der Waals surface area contributed by atoms with E-state index in [1.165, 1.54) is 18.5 Å². The van der Waals surface area contributed by atoms with Gasteiger partial charge < -0.3 is 9.63 Å². The van der Waals surface area contributed by atoms with Crippen molar-refractivity contribution in [3.63, 3.8) is 0 Å². The molecule has 0 radical (unpaired) electrons. The number of pyridine rings is 1. The van der Waals surface area contributed by atoms with Crippen molar-refractivity contribution in [1.29, 1.82) is 0 Å². The summed E-state index contributed by atoms with van der Waals surface area (Å²) in [6, 6.07) is 1.45. The zero-order valence-corrected chi connectivity index (χ0v) is 4.98. The van der Waals surface area contributed by atoms with E-state index in [1.54, 1.807) is 0 Å². The second kappa shape index (κ2) is 1.70. The maximum atomic E-state index is 9.09. The van der Waals surface area contributed by atoms with Crippen LogP contribution >= 0.6 is 0 Å². The first kappa shape index (κ1) is 5.22. The Morgan fingerprint density at radius 1 is 1.50 bits per heavy atom. The molecule has 50 valence electrons. The van der Waals surface area contributed by atoms with Crippen LogP contribution in [0.5, 0.6) is 5.75 Å². The van der Waals surface area contributed by atoms with Crippen molar-refractivity contribution >= 4 is 11.1 Å². The van der Waals surface area contributed by atoms with Crippen molar-refractivity contribution < 1.29 is 9.63 Å². The highest BCUT2D eigenvalue weighted by Crippen LogP contribution is 2.20. The minimum atomic E-state index is 0.0718. The number of fused-ring (bicyclic) bond motifs is 1. The van der Waals surface area contributed by atoms with Gasteiger partial charge in [-0.2, -0.15) is 0 Å². The van der Waals surface area contributed by atoms with Gasteiger partial charge in [-0.05, 0) is 0 Å². The topological polar surface area (TPSA) is 59.2 Å². The molecule has 0 atom stereocenters. The summed E-state index contributed by atoms with van der Waals surface area (Å²) in [6.45, 7) is 0. The van der Waals surface area contributed by atoms with E-state index in [9.17, 15) is 0 Å². The lowest BCUT2D eigenvalue weighted by Crippen LogP contribution is -1.70. The molecule has 0 saturated carbocycles. The quantitative estimate of drug-likeness (QED) is 0.585. The average Bonchev–Trinajstić information content (AvgIpc) is 2.36. The number of aromatic nitrogens is 2. The van der Waals surface area contributed by atoms with E-state index in [-0.39, 0.29) is 5.75 Å². The van der Waals surface area contributed by atoms with Crippen molar-refractivity contribution in [2.75, 3.05) is 0 Å². The van der Waals surface area contributed by atoms with Crippen molar-refractivity contribution in [1.82, 2.24) is 10.1 Å². The third kappa shape index (κ3) is 0.556. The van der Waals surface area contributed by atoms with Gasteiger partial charge in [-0.15, -0.1) is 0 Å². The number of hydrogen-bond acceptors (Lipinski definition) is 4. The van der Waals surface area contributed by atoms with Gasteiger partial charge in [0.05, 0.1) is 6.20 Å². The van der Waals surface area contributed by atoms with E-state index < -0.39 is 0 Å². The fraction of sp³-hybridized carbons (Fsp3) is 0. The van der Waals surface area contributed by atoms with Crippen LogP contribution in [0.1, 0.15) is 0 Å². The van der Waals surface area contributed by atoms with E-state index in [0.717, 1.165) is 0 Å². The summed E-state index contributed by atoms with van der Waals surface area (Å²) in [7, 11) is 0. The first-order chi connectivity index (χ1) is 4.88. The maximum absolute atomic E-state index is 9.09.